The Morgan fingerprint density at radius 2 is 1.55 bits per heavy atom. The van der Waals surface area contributed by atoms with Gasteiger partial charge in [0.05, 0.1) is 0 Å². The first kappa shape index (κ1) is 14.6. The Bertz CT molecular complexity index is 829. The fourth-order valence-electron chi connectivity index (χ4n) is 3.02. The molecule has 1 aliphatic carbocycles. The fourth-order valence-corrected chi connectivity index (χ4v) is 3.02. The molecule has 0 amide bonds. The first-order chi connectivity index (χ1) is 10.8. The van der Waals surface area contributed by atoms with Crippen molar-refractivity contribution in [2.75, 3.05) is 0 Å². The fraction of sp³-hybridized carbons (Fsp3) is 0.182. The zero-order valence-corrected chi connectivity index (χ0v) is 13.3. The average molecular weight is 286 g/mol. The number of hydrogen-bond donors (Lipinski definition) is 0. The molecule has 0 radical (unpaired) electrons. The van der Waals surface area contributed by atoms with Crippen LogP contribution >= 0.6 is 0 Å². The minimum absolute atomic E-state index is 0.974. The second-order valence-corrected chi connectivity index (χ2v) is 5.98. The maximum atomic E-state index is 2.33. The highest BCUT2D eigenvalue weighted by Crippen LogP contribution is 2.22. The molecule has 0 unspecified atom stereocenters. The third-order valence-corrected chi connectivity index (χ3v) is 4.13. The van der Waals surface area contributed by atoms with Crippen molar-refractivity contribution in [3.63, 3.8) is 0 Å². The molecule has 0 heterocycles. The smallest absolute Gasteiger partial charge is 0.00138 e. The van der Waals surface area contributed by atoms with Gasteiger partial charge in [0.1, 0.15) is 0 Å². The molecule has 22 heavy (non-hydrogen) atoms. The first-order valence-corrected chi connectivity index (χ1v) is 7.92. The van der Waals surface area contributed by atoms with Crippen molar-refractivity contribution in [3.05, 3.63) is 94.4 Å². The second-order valence-electron chi connectivity index (χ2n) is 5.98. The van der Waals surface area contributed by atoms with Crippen molar-refractivity contribution < 1.29 is 0 Å². The van der Waals surface area contributed by atoms with Crippen molar-refractivity contribution >= 4 is 11.1 Å². The van der Waals surface area contributed by atoms with E-state index >= 15 is 0 Å². The highest BCUT2D eigenvalue weighted by Gasteiger charge is 2.08. The number of rotatable bonds is 3. The predicted molar refractivity (Wildman–Crippen MR) is 95.8 cm³/mol. The molecule has 1 aliphatic rings. The van der Waals surface area contributed by atoms with Gasteiger partial charge in [0.2, 0.25) is 0 Å². The Morgan fingerprint density at radius 1 is 0.864 bits per heavy atom. The van der Waals surface area contributed by atoms with Crippen LogP contribution in [0.15, 0.2) is 78.4 Å². The molecular formula is C22H22. The van der Waals surface area contributed by atoms with Crippen LogP contribution in [0.4, 0.5) is 0 Å². The quantitative estimate of drug-likeness (QED) is 0.795. The van der Waals surface area contributed by atoms with Gasteiger partial charge in [0, 0.05) is 0 Å². The lowest BCUT2D eigenvalue weighted by Crippen LogP contribution is -2.29. The van der Waals surface area contributed by atoms with E-state index in [1.54, 1.807) is 0 Å². The molecule has 0 aromatic heterocycles. The Balaban J connectivity index is 2.25. The molecule has 3 rings (SSSR count). The lowest BCUT2D eigenvalue weighted by atomic mass is 9.95. The van der Waals surface area contributed by atoms with E-state index in [2.05, 4.69) is 86.7 Å². The van der Waals surface area contributed by atoms with E-state index in [-0.39, 0.29) is 0 Å². The van der Waals surface area contributed by atoms with E-state index in [0.29, 0.717) is 0 Å². The van der Waals surface area contributed by atoms with Gasteiger partial charge in [-0.05, 0) is 53.8 Å². The standard InChI is InChI=1S/C22H22/c1-17(2)20-14-8-9-15-21(20)22(19-12-6-7-13-19)16-18-10-4-3-5-11-18/h3-6,8-15H,7,16H2,1-2H3/b22-21-. The minimum Gasteiger partial charge on any atom is -0.0801 e. The Labute approximate surface area is 132 Å². The van der Waals surface area contributed by atoms with Crippen molar-refractivity contribution in [2.45, 2.75) is 26.7 Å². The van der Waals surface area contributed by atoms with Gasteiger partial charge in [-0.2, -0.15) is 0 Å². The molecule has 0 aliphatic heterocycles. The first-order valence-electron chi connectivity index (χ1n) is 7.92. The van der Waals surface area contributed by atoms with Crippen LogP contribution in [-0.2, 0) is 6.42 Å². The third-order valence-electron chi connectivity index (χ3n) is 4.13. The summed E-state index contributed by atoms with van der Waals surface area (Å²) in [4.78, 5) is 0. The topological polar surface area (TPSA) is 0 Å². The molecule has 0 saturated carbocycles. The van der Waals surface area contributed by atoms with Gasteiger partial charge in [-0.15, -0.1) is 0 Å². The summed E-state index contributed by atoms with van der Waals surface area (Å²) in [6.45, 7) is 4.38. The van der Waals surface area contributed by atoms with Crippen LogP contribution in [0.5, 0.6) is 0 Å². The number of benzene rings is 2. The Morgan fingerprint density at radius 3 is 2.18 bits per heavy atom. The van der Waals surface area contributed by atoms with E-state index in [4.69, 9.17) is 0 Å². The molecule has 2 aromatic rings. The van der Waals surface area contributed by atoms with Gasteiger partial charge < -0.3 is 0 Å². The molecular weight excluding hydrogens is 264 g/mol. The SMILES string of the molecule is CC(C)=c1cccc/c1=C(\Cc1ccccc1)C1=CCC=C1. The molecule has 0 bridgehead atoms. The lowest BCUT2D eigenvalue weighted by molar-refractivity contribution is 1.25. The lowest BCUT2D eigenvalue weighted by Gasteiger charge is -2.10. The maximum Gasteiger partial charge on any atom is -0.00138 e. The average Bonchev–Trinajstić information content (AvgIpc) is 3.08. The molecule has 0 fully saturated rings. The Kier molecular flexibility index (Phi) is 4.39. The van der Waals surface area contributed by atoms with Gasteiger partial charge in [-0.3, -0.25) is 0 Å². The summed E-state index contributed by atoms with van der Waals surface area (Å²) in [5.74, 6) is 0. The number of hydrogen-bond acceptors (Lipinski definition) is 0. The summed E-state index contributed by atoms with van der Waals surface area (Å²) >= 11 is 0. The van der Waals surface area contributed by atoms with Crippen molar-refractivity contribution in [3.8, 4) is 0 Å². The molecule has 0 heteroatoms. The zero-order chi connectivity index (χ0) is 15.4. The van der Waals surface area contributed by atoms with E-state index < -0.39 is 0 Å². The summed E-state index contributed by atoms with van der Waals surface area (Å²) in [7, 11) is 0. The molecule has 0 atom stereocenters. The molecule has 0 spiro atoms. The normalized spacial score (nSPS) is 14.7. The zero-order valence-electron chi connectivity index (χ0n) is 13.3. The predicted octanol–water partition coefficient (Wildman–Crippen LogP) is 4.16. The van der Waals surface area contributed by atoms with Gasteiger partial charge in [-0.1, -0.05) is 78.4 Å². The van der Waals surface area contributed by atoms with Crippen LogP contribution in [0.25, 0.3) is 11.1 Å². The van der Waals surface area contributed by atoms with Crippen LogP contribution in [0.1, 0.15) is 25.8 Å². The minimum atomic E-state index is 0.974. The van der Waals surface area contributed by atoms with Crippen molar-refractivity contribution in [1.82, 2.24) is 0 Å². The molecule has 110 valence electrons. The van der Waals surface area contributed by atoms with E-state index in [1.807, 2.05) is 0 Å². The summed E-state index contributed by atoms with van der Waals surface area (Å²) in [5.41, 5.74) is 5.53. The van der Waals surface area contributed by atoms with Crippen LogP contribution < -0.4 is 10.4 Å². The van der Waals surface area contributed by atoms with Gasteiger partial charge in [0.15, 0.2) is 0 Å². The second kappa shape index (κ2) is 6.62. The van der Waals surface area contributed by atoms with Crippen LogP contribution in [0.2, 0.25) is 0 Å². The summed E-state index contributed by atoms with van der Waals surface area (Å²) in [6.07, 6.45) is 8.86. The van der Waals surface area contributed by atoms with E-state index in [9.17, 15) is 0 Å². The molecule has 0 nitrogen and oxygen atoms in total. The van der Waals surface area contributed by atoms with Gasteiger partial charge in [0.25, 0.3) is 0 Å². The van der Waals surface area contributed by atoms with E-state index in [1.165, 1.54) is 32.7 Å². The highest BCUT2D eigenvalue weighted by molar-refractivity contribution is 5.72. The third kappa shape index (κ3) is 3.12. The van der Waals surface area contributed by atoms with E-state index in [0.717, 1.165) is 12.8 Å². The Hall–Kier alpha value is -2.34. The van der Waals surface area contributed by atoms with Crippen molar-refractivity contribution in [1.29, 1.82) is 0 Å². The van der Waals surface area contributed by atoms with Crippen molar-refractivity contribution in [2.24, 2.45) is 0 Å². The van der Waals surface area contributed by atoms with Gasteiger partial charge in [-0.25, -0.2) is 0 Å². The molecule has 0 saturated heterocycles. The largest absolute Gasteiger partial charge is 0.0801 e. The monoisotopic (exact) mass is 286 g/mol. The van der Waals surface area contributed by atoms with Crippen LogP contribution in [-0.4, -0.2) is 0 Å². The summed E-state index contributed by atoms with van der Waals surface area (Å²) < 4.78 is 0. The van der Waals surface area contributed by atoms with Crippen LogP contribution in [0, 0.1) is 0 Å². The molecule has 0 N–H and O–H groups in total. The van der Waals surface area contributed by atoms with Crippen LogP contribution in [0.3, 0.4) is 0 Å². The van der Waals surface area contributed by atoms with Gasteiger partial charge >= 0.3 is 0 Å². The summed E-state index contributed by atoms with van der Waals surface area (Å²) in [6, 6.07) is 19.5. The number of allylic oxidation sites excluding steroid dienone is 4. The summed E-state index contributed by atoms with van der Waals surface area (Å²) in [5, 5.41) is 2.72. The maximum absolute atomic E-state index is 2.33. The molecule has 2 aromatic carbocycles. The highest BCUT2D eigenvalue weighted by atomic mass is 14.1.